The number of aliphatic hydroxyl groups is 1. The van der Waals surface area contributed by atoms with E-state index in [1.807, 2.05) is 6.07 Å². The zero-order valence-electron chi connectivity index (χ0n) is 16.7. The maximum atomic E-state index is 12.4. The van der Waals surface area contributed by atoms with Crippen LogP contribution in [0, 0.1) is 11.3 Å². The number of carbonyl (C=O) groups excluding carboxylic acids is 1. The molecule has 27 heavy (non-hydrogen) atoms. The fourth-order valence-corrected chi connectivity index (χ4v) is 5.56. The van der Waals surface area contributed by atoms with Crippen LogP contribution in [0.4, 0.5) is 0 Å². The summed E-state index contributed by atoms with van der Waals surface area (Å²) in [4.78, 5) is 24.4. The highest BCUT2D eigenvalue weighted by Crippen LogP contribution is 2.59. The number of aryl methyl sites for hydroxylation is 1. The van der Waals surface area contributed by atoms with Crippen molar-refractivity contribution in [1.29, 1.82) is 0 Å². The molecule has 5 heteroatoms. The molecule has 0 saturated heterocycles. The highest BCUT2D eigenvalue weighted by Gasteiger charge is 2.58. The Labute approximate surface area is 160 Å². The van der Waals surface area contributed by atoms with E-state index in [1.54, 1.807) is 13.8 Å². The molecule has 148 valence electrons. The predicted molar refractivity (Wildman–Crippen MR) is 101 cm³/mol. The highest BCUT2D eigenvalue weighted by molar-refractivity contribution is 5.83. The van der Waals surface area contributed by atoms with E-state index in [9.17, 15) is 19.8 Å². The molecule has 0 amide bonds. The maximum absolute atomic E-state index is 12.4. The van der Waals surface area contributed by atoms with Crippen molar-refractivity contribution in [1.82, 2.24) is 0 Å². The first-order valence-corrected chi connectivity index (χ1v) is 9.71. The zero-order valence-corrected chi connectivity index (χ0v) is 16.7. The lowest BCUT2D eigenvalue weighted by molar-refractivity contribution is -0.167. The number of methoxy groups -OCH3 is 1. The average Bonchev–Trinajstić information content (AvgIpc) is 2.59. The number of aliphatic carboxylic acids is 1. The Kier molecular flexibility index (Phi) is 4.87. The molecule has 2 N–H and O–H groups in total. The summed E-state index contributed by atoms with van der Waals surface area (Å²) < 4.78 is 4.83. The largest absolute Gasteiger partial charge is 0.481 e. The van der Waals surface area contributed by atoms with Gasteiger partial charge in [-0.3, -0.25) is 9.59 Å². The summed E-state index contributed by atoms with van der Waals surface area (Å²) in [6, 6.07) is 6.07. The third-order valence-electron chi connectivity index (χ3n) is 7.00. The SMILES string of the molecule is COC(=O)C[C@@]1(C(=O)O)CCC[C@]2(C)c3ccc(C(C)(C)O)cc3CC[C@@H]12. The number of rotatable bonds is 4. The fraction of sp³-hybridized carbons (Fsp3) is 0.636. The van der Waals surface area contributed by atoms with E-state index in [4.69, 9.17) is 4.74 Å². The number of hydrogen-bond donors (Lipinski definition) is 2. The molecule has 5 nitrogen and oxygen atoms in total. The van der Waals surface area contributed by atoms with E-state index in [0.29, 0.717) is 6.42 Å². The number of carboxylic acids is 1. The standard InChI is InChI=1S/C22H30O5/c1-20(2,26)15-7-8-16-14(12-15)6-9-17-21(16,3)10-5-11-22(17,19(24)25)13-18(23)27-4/h7-8,12,17,26H,5-6,9-11,13H2,1-4H3,(H,24,25)/t17-,21-,22+/m1/s1. The van der Waals surface area contributed by atoms with Crippen molar-refractivity contribution in [3.8, 4) is 0 Å². The van der Waals surface area contributed by atoms with Crippen LogP contribution in [0.2, 0.25) is 0 Å². The first-order valence-electron chi connectivity index (χ1n) is 9.71. The Morgan fingerprint density at radius 2 is 2.00 bits per heavy atom. The van der Waals surface area contributed by atoms with E-state index >= 15 is 0 Å². The second-order valence-electron chi connectivity index (χ2n) is 9.01. The monoisotopic (exact) mass is 374 g/mol. The molecule has 1 aromatic carbocycles. The number of benzene rings is 1. The molecule has 3 atom stereocenters. The van der Waals surface area contributed by atoms with Gasteiger partial charge < -0.3 is 14.9 Å². The van der Waals surface area contributed by atoms with Gasteiger partial charge in [-0.05, 0) is 67.6 Å². The molecular formula is C22H30O5. The van der Waals surface area contributed by atoms with Crippen LogP contribution >= 0.6 is 0 Å². The Morgan fingerprint density at radius 3 is 2.59 bits per heavy atom. The van der Waals surface area contributed by atoms with E-state index in [0.717, 1.165) is 31.2 Å². The minimum absolute atomic E-state index is 0.0732. The average molecular weight is 374 g/mol. The van der Waals surface area contributed by atoms with E-state index in [2.05, 4.69) is 19.1 Å². The van der Waals surface area contributed by atoms with Gasteiger partial charge in [-0.1, -0.05) is 31.5 Å². The summed E-state index contributed by atoms with van der Waals surface area (Å²) in [5.74, 6) is -1.46. The number of esters is 1. The first-order chi connectivity index (χ1) is 12.5. The molecule has 2 aliphatic rings. The quantitative estimate of drug-likeness (QED) is 0.788. The van der Waals surface area contributed by atoms with Crippen LogP contribution in [-0.2, 0) is 31.8 Å². The van der Waals surface area contributed by atoms with Gasteiger partial charge in [0.1, 0.15) is 0 Å². The van der Waals surface area contributed by atoms with Crippen LogP contribution in [0.25, 0.3) is 0 Å². The summed E-state index contributed by atoms with van der Waals surface area (Å²) in [7, 11) is 1.31. The number of hydrogen-bond acceptors (Lipinski definition) is 4. The van der Waals surface area contributed by atoms with Crippen LogP contribution in [0.3, 0.4) is 0 Å². The lowest BCUT2D eigenvalue weighted by atomic mass is 9.48. The van der Waals surface area contributed by atoms with Crippen molar-refractivity contribution in [2.24, 2.45) is 11.3 Å². The van der Waals surface area contributed by atoms with Crippen LogP contribution in [0.15, 0.2) is 18.2 Å². The van der Waals surface area contributed by atoms with Crippen LogP contribution in [0.1, 0.15) is 69.6 Å². The fourth-order valence-electron chi connectivity index (χ4n) is 5.56. The lowest BCUT2D eigenvalue weighted by Gasteiger charge is -2.54. The summed E-state index contributed by atoms with van der Waals surface area (Å²) in [6.45, 7) is 5.69. The summed E-state index contributed by atoms with van der Waals surface area (Å²) >= 11 is 0. The van der Waals surface area contributed by atoms with Crippen LogP contribution < -0.4 is 0 Å². The Bertz CT molecular complexity index is 762. The summed E-state index contributed by atoms with van der Waals surface area (Å²) in [5.41, 5.74) is 0.950. The topological polar surface area (TPSA) is 83.8 Å². The number of fused-ring (bicyclic) bond motifs is 3. The van der Waals surface area contributed by atoms with E-state index in [-0.39, 0.29) is 17.8 Å². The Balaban J connectivity index is 2.08. The molecule has 0 radical (unpaired) electrons. The third kappa shape index (κ3) is 3.16. The van der Waals surface area contributed by atoms with Crippen molar-refractivity contribution in [3.63, 3.8) is 0 Å². The van der Waals surface area contributed by atoms with Crippen molar-refractivity contribution >= 4 is 11.9 Å². The van der Waals surface area contributed by atoms with Gasteiger partial charge in [-0.25, -0.2) is 0 Å². The third-order valence-corrected chi connectivity index (χ3v) is 7.00. The second kappa shape index (κ2) is 6.62. The predicted octanol–water partition coefficient (Wildman–Crippen LogP) is 3.55. The molecule has 2 aliphatic carbocycles. The summed E-state index contributed by atoms with van der Waals surface area (Å²) in [5, 5.41) is 20.5. The molecule has 1 aromatic rings. The molecule has 3 rings (SSSR count). The van der Waals surface area contributed by atoms with Crippen molar-refractivity contribution in [3.05, 3.63) is 34.9 Å². The van der Waals surface area contributed by atoms with Crippen LogP contribution in [0.5, 0.6) is 0 Å². The van der Waals surface area contributed by atoms with E-state index < -0.39 is 23.0 Å². The number of carbonyl (C=O) groups is 2. The molecular weight excluding hydrogens is 344 g/mol. The molecule has 0 bridgehead atoms. The molecule has 0 spiro atoms. The van der Waals surface area contributed by atoms with Crippen molar-refractivity contribution in [2.45, 2.75) is 70.3 Å². The zero-order chi connectivity index (χ0) is 20.0. The maximum Gasteiger partial charge on any atom is 0.310 e. The van der Waals surface area contributed by atoms with Gasteiger partial charge in [0.05, 0.1) is 24.5 Å². The Morgan fingerprint density at radius 1 is 1.30 bits per heavy atom. The van der Waals surface area contributed by atoms with Gasteiger partial charge in [0.25, 0.3) is 0 Å². The smallest absolute Gasteiger partial charge is 0.310 e. The summed E-state index contributed by atoms with van der Waals surface area (Å²) in [6.07, 6.45) is 3.59. The van der Waals surface area contributed by atoms with Crippen LogP contribution in [-0.4, -0.2) is 29.3 Å². The first kappa shape index (κ1) is 19.9. The number of carboxylic acid groups (broad SMARTS) is 1. The molecule has 0 heterocycles. The van der Waals surface area contributed by atoms with Gasteiger partial charge in [0.15, 0.2) is 0 Å². The second-order valence-corrected chi connectivity index (χ2v) is 9.01. The molecule has 0 aliphatic heterocycles. The molecule has 0 aromatic heterocycles. The van der Waals surface area contributed by atoms with Gasteiger partial charge in [-0.15, -0.1) is 0 Å². The van der Waals surface area contributed by atoms with Gasteiger partial charge >= 0.3 is 11.9 Å². The molecule has 0 unspecified atom stereocenters. The Hall–Kier alpha value is -1.88. The molecule has 1 fully saturated rings. The molecule has 1 saturated carbocycles. The minimum Gasteiger partial charge on any atom is -0.481 e. The minimum atomic E-state index is -1.08. The highest BCUT2D eigenvalue weighted by atomic mass is 16.5. The normalized spacial score (nSPS) is 30.2. The lowest BCUT2D eigenvalue weighted by Crippen LogP contribution is -2.54. The van der Waals surface area contributed by atoms with E-state index in [1.165, 1.54) is 18.2 Å². The number of ether oxygens (including phenoxy) is 1. The van der Waals surface area contributed by atoms with Crippen molar-refractivity contribution < 1.29 is 24.5 Å². The van der Waals surface area contributed by atoms with Gasteiger partial charge in [0, 0.05) is 0 Å². The van der Waals surface area contributed by atoms with Gasteiger partial charge in [-0.2, -0.15) is 0 Å². The van der Waals surface area contributed by atoms with Crippen molar-refractivity contribution in [2.75, 3.05) is 7.11 Å². The van der Waals surface area contributed by atoms with Gasteiger partial charge in [0.2, 0.25) is 0 Å².